The lowest BCUT2D eigenvalue weighted by Crippen LogP contribution is -2.27. The molecule has 1 aromatic carbocycles. The first kappa shape index (κ1) is 15.7. The third-order valence-corrected chi connectivity index (χ3v) is 4.73. The smallest absolute Gasteiger partial charge is 0.240 e. The predicted molar refractivity (Wildman–Crippen MR) is 81.4 cm³/mol. The molecule has 0 aliphatic rings. The first-order valence-electron chi connectivity index (χ1n) is 6.75. The SMILES string of the molecule is CNCc1ccc(C)c(S(=O)(=O)NCCc2ncc[nH]2)c1. The van der Waals surface area contributed by atoms with Gasteiger partial charge in [0, 0.05) is 31.9 Å². The molecule has 114 valence electrons. The van der Waals surface area contributed by atoms with Crippen LogP contribution in [-0.4, -0.2) is 32.0 Å². The van der Waals surface area contributed by atoms with Crippen LogP contribution in [0.15, 0.2) is 35.5 Å². The fourth-order valence-corrected chi connectivity index (χ4v) is 3.39. The molecule has 0 saturated heterocycles. The molecule has 0 amide bonds. The van der Waals surface area contributed by atoms with E-state index in [9.17, 15) is 8.42 Å². The third kappa shape index (κ3) is 4.13. The number of H-pyrrole nitrogens is 1. The molecule has 0 atom stereocenters. The Kier molecular flexibility index (Phi) is 5.11. The van der Waals surface area contributed by atoms with E-state index < -0.39 is 10.0 Å². The van der Waals surface area contributed by atoms with Crippen molar-refractivity contribution >= 4 is 10.0 Å². The first-order valence-corrected chi connectivity index (χ1v) is 8.23. The molecule has 21 heavy (non-hydrogen) atoms. The molecule has 6 nitrogen and oxygen atoms in total. The van der Waals surface area contributed by atoms with Crippen LogP contribution in [0.5, 0.6) is 0 Å². The number of aryl methyl sites for hydroxylation is 1. The fraction of sp³-hybridized carbons (Fsp3) is 0.357. The molecule has 0 radical (unpaired) electrons. The van der Waals surface area contributed by atoms with Crippen LogP contribution in [0, 0.1) is 6.92 Å². The molecule has 2 aromatic rings. The molecule has 0 aliphatic carbocycles. The minimum absolute atomic E-state index is 0.311. The summed E-state index contributed by atoms with van der Waals surface area (Å²) in [5, 5.41) is 3.02. The average molecular weight is 308 g/mol. The molecule has 0 spiro atoms. The van der Waals surface area contributed by atoms with Crippen LogP contribution in [0.1, 0.15) is 17.0 Å². The zero-order valence-corrected chi connectivity index (χ0v) is 13.0. The summed E-state index contributed by atoms with van der Waals surface area (Å²) in [7, 11) is -1.68. The van der Waals surface area contributed by atoms with Crippen LogP contribution >= 0.6 is 0 Å². The fourth-order valence-electron chi connectivity index (χ4n) is 2.06. The van der Waals surface area contributed by atoms with E-state index >= 15 is 0 Å². The molecule has 0 bridgehead atoms. The van der Waals surface area contributed by atoms with Gasteiger partial charge in [0.2, 0.25) is 10.0 Å². The Balaban J connectivity index is 2.09. The molecule has 0 saturated carbocycles. The second-order valence-electron chi connectivity index (χ2n) is 4.81. The molecule has 3 N–H and O–H groups in total. The number of hydrogen-bond donors (Lipinski definition) is 3. The van der Waals surface area contributed by atoms with Crippen molar-refractivity contribution in [3.05, 3.63) is 47.5 Å². The molecule has 2 rings (SSSR count). The molecular weight excluding hydrogens is 288 g/mol. The van der Waals surface area contributed by atoms with Gasteiger partial charge >= 0.3 is 0 Å². The zero-order valence-electron chi connectivity index (χ0n) is 12.2. The van der Waals surface area contributed by atoms with Gasteiger partial charge in [-0.25, -0.2) is 18.1 Å². The third-order valence-electron chi connectivity index (χ3n) is 3.13. The van der Waals surface area contributed by atoms with Crippen LogP contribution in [0.3, 0.4) is 0 Å². The number of nitrogens with one attached hydrogen (secondary N) is 3. The topological polar surface area (TPSA) is 86.9 Å². The van der Waals surface area contributed by atoms with Crippen molar-refractivity contribution in [1.82, 2.24) is 20.0 Å². The van der Waals surface area contributed by atoms with Gasteiger partial charge in [-0.15, -0.1) is 0 Å². The van der Waals surface area contributed by atoms with Crippen molar-refractivity contribution in [1.29, 1.82) is 0 Å². The molecular formula is C14H20N4O2S. The summed E-state index contributed by atoms with van der Waals surface area (Å²) in [5.74, 6) is 0.762. The van der Waals surface area contributed by atoms with Gasteiger partial charge in [-0.3, -0.25) is 0 Å². The van der Waals surface area contributed by atoms with E-state index in [0.29, 0.717) is 24.4 Å². The second kappa shape index (κ2) is 6.84. The van der Waals surface area contributed by atoms with Gasteiger partial charge in [0.1, 0.15) is 5.82 Å². The van der Waals surface area contributed by atoms with E-state index in [4.69, 9.17) is 0 Å². The number of hydrogen-bond acceptors (Lipinski definition) is 4. The Bertz CT molecular complexity index is 681. The van der Waals surface area contributed by atoms with Crippen molar-refractivity contribution in [2.45, 2.75) is 24.8 Å². The summed E-state index contributed by atoms with van der Waals surface area (Å²) >= 11 is 0. The maximum Gasteiger partial charge on any atom is 0.240 e. The highest BCUT2D eigenvalue weighted by Crippen LogP contribution is 2.17. The van der Waals surface area contributed by atoms with Crippen LogP contribution in [0.4, 0.5) is 0 Å². The Labute approximate surface area is 125 Å². The number of rotatable bonds is 7. The molecule has 7 heteroatoms. The van der Waals surface area contributed by atoms with Crippen LogP contribution in [-0.2, 0) is 23.0 Å². The largest absolute Gasteiger partial charge is 0.349 e. The van der Waals surface area contributed by atoms with Gasteiger partial charge in [-0.2, -0.15) is 0 Å². The zero-order chi connectivity index (χ0) is 15.3. The minimum Gasteiger partial charge on any atom is -0.349 e. The van der Waals surface area contributed by atoms with Crippen LogP contribution in [0.2, 0.25) is 0 Å². The van der Waals surface area contributed by atoms with Gasteiger partial charge in [0.25, 0.3) is 0 Å². The monoisotopic (exact) mass is 308 g/mol. The highest BCUT2D eigenvalue weighted by Gasteiger charge is 2.16. The van der Waals surface area contributed by atoms with Crippen LogP contribution in [0.25, 0.3) is 0 Å². The Morgan fingerprint density at radius 3 is 2.81 bits per heavy atom. The van der Waals surface area contributed by atoms with Crippen molar-refractivity contribution in [3.63, 3.8) is 0 Å². The highest BCUT2D eigenvalue weighted by atomic mass is 32.2. The second-order valence-corrected chi connectivity index (χ2v) is 6.55. The minimum atomic E-state index is -3.50. The predicted octanol–water partition coefficient (Wildman–Crippen LogP) is 0.959. The lowest BCUT2D eigenvalue weighted by atomic mass is 10.1. The van der Waals surface area contributed by atoms with Gasteiger partial charge in [0.15, 0.2) is 0 Å². The lowest BCUT2D eigenvalue weighted by molar-refractivity contribution is 0.580. The number of benzene rings is 1. The normalized spacial score (nSPS) is 11.7. The molecule has 1 heterocycles. The van der Waals surface area contributed by atoms with E-state index in [2.05, 4.69) is 20.0 Å². The number of imidazole rings is 1. The molecule has 0 aliphatic heterocycles. The van der Waals surface area contributed by atoms with E-state index in [-0.39, 0.29) is 0 Å². The summed E-state index contributed by atoms with van der Waals surface area (Å²) in [6, 6.07) is 5.46. The maximum absolute atomic E-state index is 12.4. The highest BCUT2D eigenvalue weighted by molar-refractivity contribution is 7.89. The summed E-state index contributed by atoms with van der Waals surface area (Å²) in [6.07, 6.45) is 3.89. The lowest BCUT2D eigenvalue weighted by Gasteiger charge is -2.11. The quantitative estimate of drug-likeness (QED) is 0.711. The first-order chi connectivity index (χ1) is 10.0. The summed E-state index contributed by atoms with van der Waals surface area (Å²) in [6.45, 7) is 2.74. The number of aromatic amines is 1. The van der Waals surface area contributed by atoms with Crippen LogP contribution < -0.4 is 10.0 Å². The van der Waals surface area contributed by atoms with E-state index in [1.54, 1.807) is 25.4 Å². The number of nitrogens with zero attached hydrogens (tertiary/aromatic N) is 1. The molecule has 0 unspecified atom stereocenters. The number of aromatic nitrogens is 2. The van der Waals surface area contributed by atoms with Crippen molar-refractivity contribution in [2.24, 2.45) is 0 Å². The Morgan fingerprint density at radius 1 is 1.33 bits per heavy atom. The van der Waals surface area contributed by atoms with Crippen molar-refractivity contribution in [2.75, 3.05) is 13.6 Å². The maximum atomic E-state index is 12.4. The Morgan fingerprint density at radius 2 is 2.14 bits per heavy atom. The molecule has 0 fully saturated rings. The van der Waals surface area contributed by atoms with Crippen molar-refractivity contribution < 1.29 is 8.42 Å². The number of sulfonamides is 1. The summed E-state index contributed by atoms with van der Waals surface area (Å²) in [5.41, 5.74) is 1.68. The van der Waals surface area contributed by atoms with Gasteiger partial charge in [-0.1, -0.05) is 12.1 Å². The van der Waals surface area contributed by atoms with Crippen molar-refractivity contribution in [3.8, 4) is 0 Å². The average Bonchev–Trinajstić information content (AvgIpc) is 2.94. The van der Waals surface area contributed by atoms with Gasteiger partial charge < -0.3 is 10.3 Å². The standard InChI is InChI=1S/C14H20N4O2S/c1-11-3-4-12(10-15-2)9-13(11)21(19,20)18-6-5-14-16-7-8-17-14/h3-4,7-9,15,18H,5-6,10H2,1-2H3,(H,16,17). The summed E-state index contributed by atoms with van der Waals surface area (Å²) in [4.78, 5) is 7.34. The molecule has 1 aromatic heterocycles. The van der Waals surface area contributed by atoms with Gasteiger partial charge in [0.05, 0.1) is 4.90 Å². The van der Waals surface area contributed by atoms with Gasteiger partial charge in [-0.05, 0) is 31.2 Å². The Hall–Kier alpha value is -1.70. The summed E-state index contributed by atoms with van der Waals surface area (Å²) < 4.78 is 27.4. The van der Waals surface area contributed by atoms with E-state index in [1.807, 2.05) is 19.2 Å². The van der Waals surface area contributed by atoms with E-state index in [1.165, 1.54) is 0 Å². The van der Waals surface area contributed by atoms with E-state index in [0.717, 1.165) is 17.0 Å².